The van der Waals surface area contributed by atoms with E-state index in [1.165, 1.54) is 0 Å². The Morgan fingerprint density at radius 3 is 1.95 bits per heavy atom. The fourth-order valence-electron chi connectivity index (χ4n) is 3.99. The third-order valence-corrected chi connectivity index (χ3v) is 5.98. The Labute approximate surface area is 230 Å². The van der Waals surface area contributed by atoms with Crippen molar-refractivity contribution in [1.82, 2.24) is 21.3 Å². The number of rotatable bonds is 19. The van der Waals surface area contributed by atoms with Crippen molar-refractivity contribution in [3.63, 3.8) is 0 Å². The fraction of sp³-hybridized carbons (Fsp3) is 0.769. The van der Waals surface area contributed by atoms with Crippen molar-refractivity contribution < 1.29 is 38.1 Å². The number of amides is 3. The Morgan fingerprint density at radius 2 is 1.41 bits per heavy atom. The van der Waals surface area contributed by atoms with Crippen LogP contribution in [-0.4, -0.2) is 110 Å². The monoisotopic (exact) mass is 555 g/mol. The molecule has 2 rings (SSSR count). The van der Waals surface area contributed by atoms with E-state index in [4.69, 9.17) is 24.7 Å². The van der Waals surface area contributed by atoms with Gasteiger partial charge in [0.2, 0.25) is 11.8 Å². The third-order valence-electron chi connectivity index (χ3n) is 5.98. The van der Waals surface area contributed by atoms with E-state index in [2.05, 4.69) is 33.1 Å². The molecular formula is C26H45N5O8. The molecule has 6 N–H and O–H groups in total. The van der Waals surface area contributed by atoms with Gasteiger partial charge < -0.3 is 50.7 Å². The summed E-state index contributed by atoms with van der Waals surface area (Å²) in [5.74, 6) is 7.88. The molecule has 0 aliphatic heterocycles. The summed E-state index contributed by atoms with van der Waals surface area (Å²) in [7, 11) is 1.72. The van der Waals surface area contributed by atoms with Crippen molar-refractivity contribution in [1.29, 1.82) is 0 Å². The first-order chi connectivity index (χ1) is 19.0. The van der Waals surface area contributed by atoms with Gasteiger partial charge in [-0.2, -0.15) is 0 Å². The molecule has 3 amide bonds. The molecule has 222 valence electrons. The molecule has 0 aromatic carbocycles. The maximum atomic E-state index is 11.8. The van der Waals surface area contributed by atoms with Crippen molar-refractivity contribution in [3.8, 4) is 11.8 Å². The highest BCUT2D eigenvalue weighted by Crippen LogP contribution is 2.52. The topological polar surface area (TPSA) is 179 Å². The average molecular weight is 556 g/mol. The molecule has 1 saturated carbocycles. The normalized spacial score (nSPS) is 18.9. The van der Waals surface area contributed by atoms with Gasteiger partial charge >= 0.3 is 6.09 Å². The Morgan fingerprint density at radius 1 is 0.846 bits per heavy atom. The number of ether oxygens (including phenoxy) is 4. The highest BCUT2D eigenvalue weighted by atomic mass is 16.6. The van der Waals surface area contributed by atoms with Crippen LogP contribution in [-0.2, 0) is 33.3 Å². The second-order valence-electron chi connectivity index (χ2n) is 8.84. The molecule has 13 heteroatoms. The predicted octanol–water partition coefficient (Wildman–Crippen LogP) is -1.20. The van der Waals surface area contributed by atoms with Crippen LogP contribution in [0.15, 0.2) is 0 Å². The second-order valence-corrected chi connectivity index (χ2v) is 8.84. The molecule has 13 nitrogen and oxygen atoms in total. The quantitative estimate of drug-likeness (QED) is 0.0738. The maximum absolute atomic E-state index is 11.8. The van der Waals surface area contributed by atoms with Gasteiger partial charge in [-0.15, -0.1) is 11.8 Å². The van der Waals surface area contributed by atoms with Crippen LogP contribution in [0, 0.1) is 29.6 Å². The number of nitrogens with two attached hydrogens (primary N) is 1. The van der Waals surface area contributed by atoms with Crippen molar-refractivity contribution in [3.05, 3.63) is 0 Å². The molecule has 0 bridgehead atoms. The van der Waals surface area contributed by atoms with E-state index in [0.717, 1.165) is 25.7 Å². The van der Waals surface area contributed by atoms with Crippen LogP contribution in [0.4, 0.5) is 4.79 Å². The summed E-state index contributed by atoms with van der Waals surface area (Å²) in [5, 5.41) is 10.5. The summed E-state index contributed by atoms with van der Waals surface area (Å²) in [5.41, 5.74) is 4.88. The molecule has 39 heavy (non-hydrogen) atoms. The number of carbonyl (C=O) groups excluding carboxylic acids is 4. The summed E-state index contributed by atoms with van der Waals surface area (Å²) in [4.78, 5) is 42.7. The molecule has 2 atom stereocenters. The average Bonchev–Trinajstić information content (AvgIpc) is 3.57. The van der Waals surface area contributed by atoms with Crippen molar-refractivity contribution in [2.24, 2.45) is 23.5 Å². The lowest BCUT2D eigenvalue weighted by atomic mass is 10.1. The molecular weight excluding hydrogens is 510 g/mol. The van der Waals surface area contributed by atoms with Gasteiger partial charge in [-0.25, -0.2) is 4.79 Å². The minimum Gasteiger partial charge on any atom is -0.449 e. The van der Waals surface area contributed by atoms with Crippen molar-refractivity contribution in [2.45, 2.75) is 25.7 Å². The van der Waals surface area contributed by atoms with Gasteiger partial charge in [-0.05, 0) is 37.6 Å². The zero-order chi connectivity index (χ0) is 28.6. The SMILES string of the molecule is CNCC(=O)NCCOCCOCCOCCNC(=O)OCC1C2CCC#CCCC21.NCC(=O)NCC=O. The highest BCUT2D eigenvalue weighted by Gasteiger charge is 2.49. The number of alkyl carbamates (subject to hydrolysis) is 1. The number of hydrogen-bond acceptors (Lipinski definition) is 10. The molecule has 0 spiro atoms. The van der Waals surface area contributed by atoms with E-state index in [1.54, 1.807) is 7.05 Å². The van der Waals surface area contributed by atoms with Crippen LogP contribution >= 0.6 is 0 Å². The lowest BCUT2D eigenvalue weighted by Gasteiger charge is -2.09. The van der Waals surface area contributed by atoms with Gasteiger partial charge in [0, 0.05) is 25.9 Å². The van der Waals surface area contributed by atoms with Crippen molar-refractivity contribution in [2.75, 3.05) is 86.0 Å². The van der Waals surface area contributed by atoms with Gasteiger partial charge in [-0.1, -0.05) is 0 Å². The Kier molecular flexibility index (Phi) is 20.3. The van der Waals surface area contributed by atoms with Crippen LogP contribution in [0.25, 0.3) is 0 Å². The predicted molar refractivity (Wildman–Crippen MR) is 144 cm³/mol. The number of carbonyl (C=O) groups is 4. The number of nitrogens with one attached hydrogen (secondary N) is 4. The fourth-order valence-corrected chi connectivity index (χ4v) is 3.99. The molecule has 0 aromatic heterocycles. The molecule has 0 aromatic rings. The molecule has 2 aliphatic rings. The minimum absolute atomic E-state index is 0.0516. The van der Waals surface area contributed by atoms with Gasteiger partial charge in [0.05, 0.1) is 65.9 Å². The van der Waals surface area contributed by atoms with Crippen LogP contribution in [0.1, 0.15) is 25.7 Å². The lowest BCUT2D eigenvalue weighted by Crippen LogP contribution is -2.34. The van der Waals surface area contributed by atoms with Crippen LogP contribution in [0.2, 0.25) is 0 Å². The first kappa shape index (κ1) is 34.3. The van der Waals surface area contributed by atoms with E-state index in [-0.39, 0.29) is 31.0 Å². The number of hydrogen-bond donors (Lipinski definition) is 5. The van der Waals surface area contributed by atoms with Crippen LogP contribution in [0.5, 0.6) is 0 Å². The standard InChI is InChI=1S/C22H37N3O6.C4H8N2O2/c1-23-16-21(26)24-8-10-28-12-14-30-15-13-29-11-9-25-22(27)31-17-20-18-6-4-2-3-5-7-19(18)20;5-3-4(8)6-1-2-7/h18-20,23H,4-17H2,1H3,(H,24,26)(H,25,27);2H,1,3,5H2,(H,6,8). The third kappa shape index (κ3) is 18.2. The summed E-state index contributed by atoms with van der Waals surface area (Å²) >= 11 is 0. The first-order valence-electron chi connectivity index (χ1n) is 13.4. The Hall–Kier alpha value is -2.76. The van der Waals surface area contributed by atoms with Gasteiger partial charge in [0.1, 0.15) is 6.29 Å². The van der Waals surface area contributed by atoms with E-state index in [1.807, 2.05) is 0 Å². The summed E-state index contributed by atoms with van der Waals surface area (Å²) in [6.45, 7) is 4.38. The lowest BCUT2D eigenvalue weighted by molar-refractivity contribution is -0.121. The first-order valence-corrected chi connectivity index (χ1v) is 13.4. The second kappa shape index (κ2) is 23.2. The zero-order valence-electron chi connectivity index (χ0n) is 23.0. The number of fused-ring (bicyclic) bond motifs is 1. The molecule has 0 radical (unpaired) electrons. The summed E-state index contributed by atoms with van der Waals surface area (Å²) in [6, 6.07) is 0. The molecule has 2 unspecified atom stereocenters. The molecule has 1 fully saturated rings. The van der Waals surface area contributed by atoms with Gasteiger partial charge in [-0.3, -0.25) is 9.59 Å². The highest BCUT2D eigenvalue weighted by molar-refractivity contribution is 5.79. The number of likely N-dealkylation sites (N-methyl/N-ethyl adjacent to an activating group) is 1. The van der Waals surface area contributed by atoms with Crippen LogP contribution in [0.3, 0.4) is 0 Å². The Balaban J connectivity index is 0.000000824. The van der Waals surface area contributed by atoms with E-state index < -0.39 is 0 Å². The van der Waals surface area contributed by atoms with E-state index in [9.17, 15) is 19.2 Å². The van der Waals surface area contributed by atoms with Crippen LogP contribution < -0.4 is 27.0 Å². The summed E-state index contributed by atoms with van der Waals surface area (Å²) in [6.07, 6.45) is 4.42. The van der Waals surface area contributed by atoms with Gasteiger partial charge in [0.15, 0.2) is 0 Å². The maximum Gasteiger partial charge on any atom is 0.407 e. The molecule has 0 saturated heterocycles. The summed E-state index contributed by atoms with van der Waals surface area (Å²) < 4.78 is 21.5. The zero-order valence-corrected chi connectivity index (χ0v) is 23.0. The largest absolute Gasteiger partial charge is 0.449 e. The van der Waals surface area contributed by atoms with E-state index >= 15 is 0 Å². The minimum atomic E-state index is -0.380. The molecule has 2 aliphatic carbocycles. The number of aldehydes is 1. The molecule has 0 heterocycles. The van der Waals surface area contributed by atoms with Crippen molar-refractivity contribution >= 4 is 24.2 Å². The van der Waals surface area contributed by atoms with E-state index in [0.29, 0.717) is 89.9 Å². The van der Waals surface area contributed by atoms with Gasteiger partial charge in [0.25, 0.3) is 0 Å². The smallest absolute Gasteiger partial charge is 0.407 e. The Bertz CT molecular complexity index is 755.